The molecule has 0 aromatic rings. The maximum absolute atomic E-state index is 6.40. The van der Waals surface area contributed by atoms with Crippen LogP contribution in [0.5, 0.6) is 0 Å². The van der Waals surface area contributed by atoms with Crippen molar-refractivity contribution >= 4 is 7.92 Å². The molecule has 130 valence electrons. The first-order valence-corrected chi connectivity index (χ1v) is 11.2. The molecule has 0 amide bonds. The molecule has 0 aromatic heterocycles. The Bertz CT molecular complexity index is 360. The van der Waals surface area contributed by atoms with E-state index in [4.69, 9.17) is 9.47 Å². The zero-order valence-electron chi connectivity index (χ0n) is 15.9. The zero-order valence-corrected chi connectivity index (χ0v) is 16.8. The molecule has 0 bridgehead atoms. The number of rotatable bonds is 5. The fourth-order valence-corrected chi connectivity index (χ4v) is 10.4. The van der Waals surface area contributed by atoms with Crippen molar-refractivity contribution in [2.24, 2.45) is 11.8 Å². The van der Waals surface area contributed by atoms with Crippen LogP contribution in [0, 0.1) is 11.8 Å². The van der Waals surface area contributed by atoms with Crippen LogP contribution in [-0.4, -0.2) is 36.0 Å². The van der Waals surface area contributed by atoms with Crippen LogP contribution in [0.4, 0.5) is 0 Å². The average Bonchev–Trinajstić information content (AvgIpc) is 3.03. The standard InChI is InChI=1S/C19H37O2P/c1-8-12-18(11-4)16(6)19(20-13-14-21-19)15(5)17(9-2,10-3)22(18)7/h15-16H,8-14H2,1-7H3. The molecule has 2 heterocycles. The molecule has 2 aliphatic heterocycles. The SMILES string of the molecule is CCCC1(CC)C(C)C2(OCCO2)C(C)C(CC)(CC)P1C. The van der Waals surface area contributed by atoms with E-state index in [1.54, 1.807) is 0 Å². The molecule has 0 radical (unpaired) electrons. The summed E-state index contributed by atoms with van der Waals surface area (Å²) in [6.07, 6.45) is 6.33. The van der Waals surface area contributed by atoms with Gasteiger partial charge in [0.1, 0.15) is 0 Å². The topological polar surface area (TPSA) is 18.5 Å². The lowest BCUT2D eigenvalue weighted by Crippen LogP contribution is -2.65. The van der Waals surface area contributed by atoms with E-state index in [1.165, 1.54) is 32.1 Å². The van der Waals surface area contributed by atoms with Gasteiger partial charge in [-0.2, -0.15) is 0 Å². The van der Waals surface area contributed by atoms with E-state index in [-0.39, 0.29) is 13.7 Å². The Morgan fingerprint density at radius 2 is 1.32 bits per heavy atom. The molecular weight excluding hydrogens is 291 g/mol. The van der Waals surface area contributed by atoms with Gasteiger partial charge in [-0.3, -0.25) is 0 Å². The summed E-state index contributed by atoms with van der Waals surface area (Å²) >= 11 is 0. The highest BCUT2D eigenvalue weighted by Crippen LogP contribution is 2.75. The first-order chi connectivity index (χ1) is 10.4. The Labute approximate surface area is 139 Å². The molecule has 4 unspecified atom stereocenters. The smallest absolute Gasteiger partial charge is 0.175 e. The lowest BCUT2D eigenvalue weighted by atomic mass is 9.70. The van der Waals surface area contributed by atoms with Crippen LogP contribution < -0.4 is 0 Å². The van der Waals surface area contributed by atoms with E-state index in [9.17, 15) is 0 Å². The highest BCUT2D eigenvalue weighted by molar-refractivity contribution is 7.60. The van der Waals surface area contributed by atoms with Gasteiger partial charge in [0, 0.05) is 11.8 Å². The molecule has 2 saturated heterocycles. The minimum absolute atomic E-state index is 0.0740. The maximum atomic E-state index is 6.40. The fraction of sp³-hybridized carbons (Fsp3) is 1.00. The van der Waals surface area contributed by atoms with Crippen molar-refractivity contribution < 1.29 is 9.47 Å². The molecule has 2 fully saturated rings. The van der Waals surface area contributed by atoms with E-state index in [2.05, 4.69) is 48.2 Å². The molecule has 0 aliphatic carbocycles. The van der Waals surface area contributed by atoms with Crippen molar-refractivity contribution in [3.8, 4) is 0 Å². The summed E-state index contributed by atoms with van der Waals surface area (Å²) in [5.41, 5.74) is 0. The van der Waals surface area contributed by atoms with E-state index in [0.29, 0.717) is 22.1 Å². The van der Waals surface area contributed by atoms with Gasteiger partial charge in [0.15, 0.2) is 5.79 Å². The molecule has 22 heavy (non-hydrogen) atoms. The summed E-state index contributed by atoms with van der Waals surface area (Å²) in [7, 11) is -0.0740. The maximum Gasteiger partial charge on any atom is 0.175 e. The fourth-order valence-electron chi connectivity index (χ4n) is 5.97. The lowest BCUT2D eigenvalue weighted by Gasteiger charge is -2.65. The second-order valence-corrected chi connectivity index (χ2v) is 10.3. The number of hydrogen-bond donors (Lipinski definition) is 0. The quantitative estimate of drug-likeness (QED) is 0.608. The van der Waals surface area contributed by atoms with Gasteiger partial charge in [-0.05, 0) is 42.7 Å². The van der Waals surface area contributed by atoms with Crippen molar-refractivity contribution in [2.45, 2.75) is 89.7 Å². The van der Waals surface area contributed by atoms with Crippen LogP contribution in [0.3, 0.4) is 0 Å². The largest absolute Gasteiger partial charge is 0.347 e. The van der Waals surface area contributed by atoms with Crippen molar-refractivity contribution in [2.75, 3.05) is 19.9 Å². The van der Waals surface area contributed by atoms with Crippen LogP contribution in [0.1, 0.15) is 73.6 Å². The van der Waals surface area contributed by atoms with Gasteiger partial charge < -0.3 is 9.47 Å². The van der Waals surface area contributed by atoms with Crippen LogP contribution in [-0.2, 0) is 9.47 Å². The highest BCUT2D eigenvalue weighted by atomic mass is 31.1. The molecule has 1 spiro atoms. The van der Waals surface area contributed by atoms with E-state index in [0.717, 1.165) is 13.2 Å². The predicted octanol–water partition coefficient (Wildman–Crippen LogP) is 5.63. The van der Waals surface area contributed by atoms with E-state index in [1.807, 2.05) is 0 Å². The molecule has 0 aromatic carbocycles. The molecule has 4 atom stereocenters. The Kier molecular flexibility index (Phi) is 5.68. The molecule has 2 nitrogen and oxygen atoms in total. The summed E-state index contributed by atoms with van der Waals surface area (Å²) in [5, 5.41) is 0.782. The van der Waals surface area contributed by atoms with E-state index >= 15 is 0 Å². The Morgan fingerprint density at radius 1 is 0.864 bits per heavy atom. The van der Waals surface area contributed by atoms with Gasteiger partial charge in [0.25, 0.3) is 0 Å². The Hall–Kier alpha value is 0.350. The summed E-state index contributed by atoms with van der Waals surface area (Å²) < 4.78 is 12.8. The van der Waals surface area contributed by atoms with Gasteiger partial charge in [-0.15, -0.1) is 0 Å². The number of hydrogen-bond acceptors (Lipinski definition) is 2. The molecular formula is C19H37O2P. The third-order valence-electron chi connectivity index (χ3n) is 7.41. The van der Waals surface area contributed by atoms with Crippen molar-refractivity contribution in [3.63, 3.8) is 0 Å². The minimum Gasteiger partial charge on any atom is -0.347 e. The summed E-state index contributed by atoms with van der Waals surface area (Å²) in [6, 6.07) is 0. The molecule has 2 aliphatic rings. The van der Waals surface area contributed by atoms with E-state index < -0.39 is 0 Å². The van der Waals surface area contributed by atoms with Crippen molar-refractivity contribution in [1.29, 1.82) is 0 Å². The molecule has 3 heteroatoms. The van der Waals surface area contributed by atoms with Crippen LogP contribution in [0.25, 0.3) is 0 Å². The van der Waals surface area contributed by atoms with Crippen LogP contribution in [0.15, 0.2) is 0 Å². The second kappa shape index (κ2) is 6.69. The van der Waals surface area contributed by atoms with Gasteiger partial charge in [-0.25, -0.2) is 0 Å². The first-order valence-electron chi connectivity index (χ1n) is 9.43. The first kappa shape index (κ1) is 18.7. The summed E-state index contributed by atoms with van der Waals surface area (Å²) in [6.45, 7) is 18.5. The normalized spacial score (nSPS) is 40.2. The summed E-state index contributed by atoms with van der Waals surface area (Å²) in [5.74, 6) is 0.636. The number of ether oxygens (including phenoxy) is 2. The predicted molar refractivity (Wildman–Crippen MR) is 97.1 cm³/mol. The Balaban J connectivity index is 2.60. The highest BCUT2D eigenvalue weighted by Gasteiger charge is 2.67. The molecule has 0 saturated carbocycles. The average molecular weight is 328 g/mol. The second-order valence-electron chi connectivity index (χ2n) is 7.44. The molecule has 2 rings (SSSR count). The minimum atomic E-state index is -0.341. The van der Waals surface area contributed by atoms with Gasteiger partial charge in [0.05, 0.1) is 13.2 Å². The Morgan fingerprint density at radius 3 is 1.73 bits per heavy atom. The van der Waals surface area contributed by atoms with Crippen LogP contribution >= 0.6 is 7.92 Å². The summed E-state index contributed by atoms with van der Waals surface area (Å²) in [4.78, 5) is 0. The zero-order chi connectivity index (χ0) is 16.6. The third kappa shape index (κ3) is 2.24. The van der Waals surface area contributed by atoms with Gasteiger partial charge >= 0.3 is 0 Å². The van der Waals surface area contributed by atoms with Crippen molar-refractivity contribution in [3.05, 3.63) is 0 Å². The van der Waals surface area contributed by atoms with Gasteiger partial charge in [-0.1, -0.05) is 55.9 Å². The van der Waals surface area contributed by atoms with Crippen LogP contribution in [0.2, 0.25) is 0 Å². The monoisotopic (exact) mass is 328 g/mol. The van der Waals surface area contributed by atoms with Crippen molar-refractivity contribution in [1.82, 2.24) is 0 Å². The third-order valence-corrected chi connectivity index (χ3v) is 12.0. The lowest BCUT2D eigenvalue weighted by molar-refractivity contribution is -0.245. The molecule has 0 N–H and O–H groups in total. The van der Waals surface area contributed by atoms with Gasteiger partial charge in [0.2, 0.25) is 0 Å².